The van der Waals surface area contributed by atoms with Crippen molar-refractivity contribution in [2.75, 3.05) is 38.5 Å². The van der Waals surface area contributed by atoms with Gasteiger partial charge in [0.25, 0.3) is 0 Å². The molecule has 2 rings (SSSR count). The normalized spacial score (nSPS) is 18.2. The summed E-state index contributed by atoms with van der Waals surface area (Å²) >= 11 is 6.34. The van der Waals surface area contributed by atoms with E-state index in [0.29, 0.717) is 17.0 Å². The lowest BCUT2D eigenvalue weighted by atomic mass is 10.1. The minimum atomic E-state index is 0.0673. The second-order valence-corrected chi connectivity index (χ2v) is 7.16. The Labute approximate surface area is 162 Å². The Kier molecular flexibility index (Phi) is 7.76. The van der Waals surface area contributed by atoms with Crippen molar-refractivity contribution in [3.8, 4) is 0 Å². The Morgan fingerprint density at radius 2 is 1.85 bits per heavy atom. The van der Waals surface area contributed by atoms with Crippen LogP contribution < -0.4 is 5.32 Å². The number of nitrogens with zero attached hydrogens (tertiary/aromatic N) is 2. The molecule has 5 heteroatoms. The van der Waals surface area contributed by atoms with E-state index in [2.05, 4.69) is 53.0 Å². The van der Waals surface area contributed by atoms with Gasteiger partial charge >= 0.3 is 0 Å². The first kappa shape index (κ1) is 20.6. The number of aliphatic hydroxyl groups excluding tert-OH is 1. The van der Waals surface area contributed by atoms with Crippen molar-refractivity contribution in [1.29, 1.82) is 0 Å². The standard InChI is InChI=1S/C21H30ClN3O/c1-5-16(3)21(26)20(22)19(6-2)23-18-9-7-17(8-10-18)15-25-13-11-24(4)12-14-25/h5,7-10,23,26H,1,6,11-15H2,2-4H3/b20-19-,21-16+. The van der Waals surface area contributed by atoms with Crippen molar-refractivity contribution in [3.05, 3.63) is 64.5 Å². The molecule has 0 unspecified atom stereocenters. The van der Waals surface area contributed by atoms with E-state index in [1.54, 1.807) is 13.0 Å². The van der Waals surface area contributed by atoms with Crippen LogP contribution in [0.2, 0.25) is 0 Å². The molecule has 2 N–H and O–H groups in total. The van der Waals surface area contributed by atoms with Gasteiger partial charge < -0.3 is 15.3 Å². The molecule has 1 heterocycles. The van der Waals surface area contributed by atoms with Gasteiger partial charge in [-0.15, -0.1) is 0 Å². The van der Waals surface area contributed by atoms with E-state index in [9.17, 15) is 5.11 Å². The van der Waals surface area contributed by atoms with Gasteiger partial charge in [-0.2, -0.15) is 0 Å². The minimum Gasteiger partial charge on any atom is -0.506 e. The number of rotatable bonds is 7. The molecule has 1 saturated heterocycles. The lowest BCUT2D eigenvalue weighted by Gasteiger charge is -2.32. The first-order valence-electron chi connectivity index (χ1n) is 9.12. The summed E-state index contributed by atoms with van der Waals surface area (Å²) in [5, 5.41) is 13.8. The van der Waals surface area contributed by atoms with Gasteiger partial charge in [-0.25, -0.2) is 0 Å². The molecule has 1 aromatic rings. The number of piperazine rings is 1. The number of hydrogen-bond acceptors (Lipinski definition) is 4. The highest BCUT2D eigenvalue weighted by atomic mass is 35.5. The lowest BCUT2D eigenvalue weighted by molar-refractivity contribution is 0.148. The van der Waals surface area contributed by atoms with Crippen LogP contribution in [0.1, 0.15) is 25.8 Å². The molecule has 0 radical (unpaired) electrons. The largest absolute Gasteiger partial charge is 0.506 e. The van der Waals surface area contributed by atoms with Crippen molar-refractivity contribution < 1.29 is 5.11 Å². The predicted molar refractivity (Wildman–Crippen MR) is 112 cm³/mol. The van der Waals surface area contributed by atoms with E-state index >= 15 is 0 Å². The van der Waals surface area contributed by atoms with Gasteiger partial charge in [0.2, 0.25) is 0 Å². The highest BCUT2D eigenvalue weighted by Crippen LogP contribution is 2.24. The molecule has 0 aliphatic carbocycles. The Bertz CT molecular complexity index is 671. The fraction of sp³-hybridized carbons (Fsp3) is 0.429. The second kappa shape index (κ2) is 9.81. The summed E-state index contributed by atoms with van der Waals surface area (Å²) in [5.41, 5.74) is 3.71. The smallest absolute Gasteiger partial charge is 0.138 e. The van der Waals surface area contributed by atoms with Crippen molar-refractivity contribution in [3.63, 3.8) is 0 Å². The third-order valence-electron chi connectivity index (χ3n) is 4.76. The molecule has 0 aromatic heterocycles. The summed E-state index contributed by atoms with van der Waals surface area (Å²) in [7, 11) is 2.17. The molecule has 1 fully saturated rings. The van der Waals surface area contributed by atoms with Crippen LogP contribution in [0.4, 0.5) is 5.69 Å². The molecule has 0 atom stereocenters. The molecular formula is C21H30ClN3O. The van der Waals surface area contributed by atoms with Crippen LogP contribution in [0, 0.1) is 0 Å². The minimum absolute atomic E-state index is 0.0673. The number of benzene rings is 1. The van der Waals surface area contributed by atoms with Gasteiger partial charge in [-0.05, 0) is 43.7 Å². The van der Waals surface area contributed by atoms with Crippen LogP contribution in [0.3, 0.4) is 0 Å². The van der Waals surface area contributed by atoms with Crippen LogP contribution in [0.5, 0.6) is 0 Å². The summed E-state index contributed by atoms with van der Waals surface area (Å²) in [5.74, 6) is 0.0673. The van der Waals surface area contributed by atoms with Gasteiger partial charge in [-0.1, -0.05) is 43.3 Å². The van der Waals surface area contributed by atoms with Gasteiger partial charge in [0, 0.05) is 44.1 Å². The number of likely N-dealkylation sites (N-methyl/N-ethyl adjacent to an activating group) is 1. The molecule has 0 amide bonds. The molecule has 26 heavy (non-hydrogen) atoms. The maximum atomic E-state index is 10.2. The Balaban J connectivity index is 2.04. The fourth-order valence-electron chi connectivity index (χ4n) is 2.84. The van der Waals surface area contributed by atoms with E-state index in [0.717, 1.165) is 44.1 Å². The zero-order valence-electron chi connectivity index (χ0n) is 16.1. The topological polar surface area (TPSA) is 38.7 Å². The summed E-state index contributed by atoms with van der Waals surface area (Å²) < 4.78 is 0. The SMILES string of the molecule is C=C/C(C)=C(O)\C(Cl)=C(/CC)Nc1ccc(CN2CCN(C)CC2)cc1. The number of nitrogens with one attached hydrogen (secondary N) is 1. The first-order valence-corrected chi connectivity index (χ1v) is 9.50. The highest BCUT2D eigenvalue weighted by molar-refractivity contribution is 6.32. The monoisotopic (exact) mass is 375 g/mol. The van der Waals surface area contributed by atoms with Crippen molar-refractivity contribution >= 4 is 17.3 Å². The molecule has 1 aliphatic rings. The molecule has 4 nitrogen and oxygen atoms in total. The number of aliphatic hydroxyl groups is 1. The van der Waals surface area contributed by atoms with Crippen LogP contribution in [0.15, 0.2) is 59.0 Å². The van der Waals surface area contributed by atoms with Crippen LogP contribution in [-0.4, -0.2) is 48.1 Å². The van der Waals surface area contributed by atoms with E-state index in [1.165, 1.54) is 5.56 Å². The molecule has 0 bridgehead atoms. The summed E-state index contributed by atoms with van der Waals surface area (Å²) in [4.78, 5) is 4.85. The van der Waals surface area contributed by atoms with Crippen molar-refractivity contribution in [1.82, 2.24) is 9.80 Å². The fourth-order valence-corrected chi connectivity index (χ4v) is 3.17. The Morgan fingerprint density at radius 1 is 1.23 bits per heavy atom. The first-order chi connectivity index (χ1) is 12.4. The maximum Gasteiger partial charge on any atom is 0.138 e. The second-order valence-electron chi connectivity index (χ2n) is 6.78. The Morgan fingerprint density at radius 3 is 2.38 bits per heavy atom. The van der Waals surface area contributed by atoms with Gasteiger partial charge in [0.15, 0.2) is 0 Å². The molecule has 0 spiro atoms. The third kappa shape index (κ3) is 5.63. The number of hydrogen-bond donors (Lipinski definition) is 2. The zero-order chi connectivity index (χ0) is 19.1. The van der Waals surface area contributed by atoms with Crippen LogP contribution >= 0.6 is 11.6 Å². The van der Waals surface area contributed by atoms with Crippen molar-refractivity contribution in [2.24, 2.45) is 0 Å². The van der Waals surface area contributed by atoms with E-state index < -0.39 is 0 Å². The van der Waals surface area contributed by atoms with Crippen LogP contribution in [-0.2, 0) is 6.54 Å². The molecule has 0 saturated carbocycles. The summed E-state index contributed by atoms with van der Waals surface area (Å²) in [6.45, 7) is 12.9. The van der Waals surface area contributed by atoms with Gasteiger partial charge in [-0.3, -0.25) is 4.90 Å². The summed E-state index contributed by atoms with van der Waals surface area (Å²) in [6, 6.07) is 8.41. The summed E-state index contributed by atoms with van der Waals surface area (Å²) in [6.07, 6.45) is 2.29. The van der Waals surface area contributed by atoms with E-state index in [1.807, 2.05) is 6.92 Å². The molecule has 1 aliphatic heterocycles. The maximum absolute atomic E-state index is 10.2. The van der Waals surface area contributed by atoms with Gasteiger partial charge in [0.05, 0.1) is 0 Å². The average Bonchev–Trinajstić information content (AvgIpc) is 2.67. The third-order valence-corrected chi connectivity index (χ3v) is 5.16. The van der Waals surface area contributed by atoms with Crippen molar-refractivity contribution in [2.45, 2.75) is 26.8 Å². The lowest BCUT2D eigenvalue weighted by Crippen LogP contribution is -2.43. The number of halogens is 1. The Hall–Kier alpha value is -1.75. The number of allylic oxidation sites excluding steroid dienone is 4. The molecule has 1 aromatic carbocycles. The van der Waals surface area contributed by atoms with E-state index in [-0.39, 0.29) is 5.76 Å². The highest BCUT2D eigenvalue weighted by Gasteiger charge is 2.14. The quantitative estimate of drug-likeness (QED) is 0.534. The predicted octanol–water partition coefficient (Wildman–Crippen LogP) is 4.72. The molecular weight excluding hydrogens is 346 g/mol. The van der Waals surface area contributed by atoms with Gasteiger partial charge in [0.1, 0.15) is 10.8 Å². The van der Waals surface area contributed by atoms with Crippen LogP contribution in [0.25, 0.3) is 0 Å². The average molecular weight is 376 g/mol. The van der Waals surface area contributed by atoms with E-state index in [4.69, 9.17) is 11.6 Å². The number of anilines is 1. The zero-order valence-corrected chi connectivity index (χ0v) is 16.8. The molecule has 142 valence electrons.